The van der Waals surface area contributed by atoms with E-state index in [4.69, 9.17) is 4.42 Å². The molecule has 52 heavy (non-hydrogen) atoms. The average molecular weight is 668 g/mol. The van der Waals surface area contributed by atoms with E-state index in [9.17, 15) is 0 Å². The molecule has 0 N–H and O–H groups in total. The van der Waals surface area contributed by atoms with Crippen LogP contribution < -0.4 is 4.90 Å². The maximum Gasteiger partial charge on any atom is 0.137 e. The van der Waals surface area contributed by atoms with Crippen LogP contribution in [0, 0.1) is 0 Å². The summed E-state index contributed by atoms with van der Waals surface area (Å²) in [5.74, 6) is 0. The smallest absolute Gasteiger partial charge is 0.137 e. The van der Waals surface area contributed by atoms with Crippen LogP contribution in [-0.4, -0.2) is 0 Å². The van der Waals surface area contributed by atoms with Crippen molar-refractivity contribution in [1.82, 2.24) is 0 Å². The topological polar surface area (TPSA) is 16.4 Å². The number of benzene rings is 7. The first-order chi connectivity index (χ1) is 25.8. The van der Waals surface area contributed by atoms with Crippen molar-refractivity contribution in [1.29, 1.82) is 0 Å². The largest absolute Gasteiger partial charge is 0.456 e. The van der Waals surface area contributed by atoms with Gasteiger partial charge in [-0.05, 0) is 129 Å². The molecular weight excluding hydrogens is 631 g/mol. The molecule has 0 spiro atoms. The van der Waals surface area contributed by atoms with Crippen LogP contribution in [0.1, 0.15) is 31.2 Å². The Kier molecular flexibility index (Phi) is 7.46. The van der Waals surface area contributed by atoms with Gasteiger partial charge in [0, 0.05) is 16.8 Å². The van der Waals surface area contributed by atoms with Crippen molar-refractivity contribution < 1.29 is 4.42 Å². The second kappa shape index (κ2) is 12.7. The van der Waals surface area contributed by atoms with Crippen molar-refractivity contribution in [3.8, 4) is 11.1 Å². The Balaban J connectivity index is 1.12. The third-order valence-corrected chi connectivity index (χ3v) is 10.8. The summed E-state index contributed by atoms with van der Waals surface area (Å²) in [5.41, 5.74) is 13.1. The fourth-order valence-electron chi connectivity index (χ4n) is 8.36. The van der Waals surface area contributed by atoms with E-state index in [-0.39, 0.29) is 0 Å². The Morgan fingerprint density at radius 2 is 1.19 bits per heavy atom. The molecule has 0 saturated heterocycles. The van der Waals surface area contributed by atoms with E-state index in [1.165, 1.54) is 55.0 Å². The molecule has 2 heteroatoms. The molecule has 0 atom stereocenters. The number of fused-ring (bicyclic) bond motifs is 6. The summed E-state index contributed by atoms with van der Waals surface area (Å²) in [6, 6.07) is 52.8. The van der Waals surface area contributed by atoms with E-state index in [0.717, 1.165) is 64.7 Å². The first kappa shape index (κ1) is 30.4. The molecule has 0 unspecified atom stereocenters. The molecule has 8 aromatic rings. The second-order valence-electron chi connectivity index (χ2n) is 13.9. The Labute approximate surface area is 303 Å². The van der Waals surface area contributed by atoms with Crippen LogP contribution in [-0.2, 0) is 0 Å². The van der Waals surface area contributed by atoms with Crippen molar-refractivity contribution in [2.75, 3.05) is 4.90 Å². The lowest BCUT2D eigenvalue weighted by Crippen LogP contribution is -2.10. The molecule has 0 saturated carbocycles. The molecule has 0 amide bonds. The van der Waals surface area contributed by atoms with Gasteiger partial charge in [0.25, 0.3) is 0 Å². The van der Waals surface area contributed by atoms with Crippen molar-refractivity contribution in [3.05, 3.63) is 193 Å². The zero-order chi connectivity index (χ0) is 34.4. The SMILES string of the molecule is C1=CCCC(C2=C(c3ccc(N(c4ccc(-c5cc6ccccc6c6ccccc56)cc4)c4cccc5oc6ccccc6c45)cc3)C=CCC2)=C1. The molecule has 7 aromatic carbocycles. The normalized spacial score (nSPS) is 14.5. The molecule has 2 nitrogen and oxygen atoms in total. The zero-order valence-corrected chi connectivity index (χ0v) is 28.9. The maximum atomic E-state index is 6.39. The van der Waals surface area contributed by atoms with Crippen LogP contribution in [0.15, 0.2) is 192 Å². The van der Waals surface area contributed by atoms with Gasteiger partial charge >= 0.3 is 0 Å². The molecule has 0 bridgehead atoms. The third kappa shape index (κ3) is 5.18. The molecule has 2 aliphatic carbocycles. The number of allylic oxidation sites excluding steroid dienone is 8. The first-order valence-electron chi connectivity index (χ1n) is 18.4. The van der Waals surface area contributed by atoms with Crippen LogP contribution in [0.5, 0.6) is 0 Å². The number of para-hydroxylation sites is 1. The minimum Gasteiger partial charge on any atom is -0.456 e. The van der Waals surface area contributed by atoms with Crippen molar-refractivity contribution >= 4 is 66.1 Å². The number of rotatable bonds is 6. The summed E-state index contributed by atoms with van der Waals surface area (Å²) in [7, 11) is 0. The number of hydrogen-bond acceptors (Lipinski definition) is 2. The molecule has 0 fully saturated rings. The van der Waals surface area contributed by atoms with Gasteiger partial charge in [-0.3, -0.25) is 0 Å². The Bertz CT molecular complexity index is 2770. The van der Waals surface area contributed by atoms with Gasteiger partial charge in [-0.1, -0.05) is 127 Å². The van der Waals surface area contributed by atoms with Gasteiger partial charge in [0.15, 0.2) is 0 Å². The van der Waals surface area contributed by atoms with E-state index < -0.39 is 0 Å². The highest BCUT2D eigenvalue weighted by atomic mass is 16.3. The van der Waals surface area contributed by atoms with E-state index in [2.05, 4.69) is 175 Å². The van der Waals surface area contributed by atoms with Gasteiger partial charge in [0.1, 0.15) is 11.2 Å². The fourth-order valence-corrected chi connectivity index (χ4v) is 8.36. The molecule has 10 rings (SSSR count). The van der Waals surface area contributed by atoms with Crippen molar-refractivity contribution in [2.45, 2.75) is 25.7 Å². The summed E-state index contributed by atoms with van der Waals surface area (Å²) in [4.78, 5) is 2.39. The molecular formula is C50H37NO. The molecule has 248 valence electrons. The summed E-state index contributed by atoms with van der Waals surface area (Å²) < 4.78 is 6.39. The van der Waals surface area contributed by atoms with Gasteiger partial charge in [-0.15, -0.1) is 0 Å². The molecule has 1 aromatic heterocycles. The molecule has 1 heterocycles. The summed E-state index contributed by atoms with van der Waals surface area (Å²) in [6.45, 7) is 0. The van der Waals surface area contributed by atoms with Crippen LogP contribution >= 0.6 is 0 Å². The zero-order valence-electron chi connectivity index (χ0n) is 28.9. The third-order valence-electron chi connectivity index (χ3n) is 10.8. The Morgan fingerprint density at radius 3 is 1.98 bits per heavy atom. The summed E-state index contributed by atoms with van der Waals surface area (Å²) in [6.07, 6.45) is 15.9. The van der Waals surface area contributed by atoms with E-state index in [0.29, 0.717) is 0 Å². The maximum absolute atomic E-state index is 6.39. The fraction of sp³-hybridized carbons (Fsp3) is 0.0800. The number of hydrogen-bond donors (Lipinski definition) is 0. The van der Waals surface area contributed by atoms with Gasteiger partial charge in [0.2, 0.25) is 0 Å². The average Bonchev–Trinajstić information content (AvgIpc) is 3.61. The van der Waals surface area contributed by atoms with E-state index >= 15 is 0 Å². The highest BCUT2D eigenvalue weighted by molar-refractivity contribution is 6.15. The summed E-state index contributed by atoms with van der Waals surface area (Å²) >= 11 is 0. The van der Waals surface area contributed by atoms with Crippen LogP contribution in [0.25, 0.3) is 60.2 Å². The van der Waals surface area contributed by atoms with Crippen molar-refractivity contribution in [3.63, 3.8) is 0 Å². The number of anilines is 3. The predicted molar refractivity (Wildman–Crippen MR) is 221 cm³/mol. The van der Waals surface area contributed by atoms with Gasteiger partial charge < -0.3 is 9.32 Å². The van der Waals surface area contributed by atoms with Gasteiger partial charge in [-0.25, -0.2) is 0 Å². The predicted octanol–water partition coefficient (Wildman–Crippen LogP) is 14.4. The molecule has 2 aliphatic rings. The highest BCUT2D eigenvalue weighted by Crippen LogP contribution is 2.44. The number of nitrogens with zero attached hydrogens (tertiary/aromatic N) is 1. The van der Waals surface area contributed by atoms with Gasteiger partial charge in [-0.2, -0.15) is 0 Å². The lowest BCUT2D eigenvalue weighted by molar-refractivity contribution is 0.669. The summed E-state index contributed by atoms with van der Waals surface area (Å²) in [5, 5.41) is 7.31. The Hall–Kier alpha value is -6.38. The van der Waals surface area contributed by atoms with E-state index in [1.807, 2.05) is 6.07 Å². The Morgan fingerprint density at radius 1 is 0.519 bits per heavy atom. The number of furan rings is 1. The van der Waals surface area contributed by atoms with Crippen LogP contribution in [0.4, 0.5) is 17.1 Å². The lowest BCUT2D eigenvalue weighted by Gasteiger charge is -2.27. The minimum absolute atomic E-state index is 0.886. The molecule has 0 aliphatic heterocycles. The van der Waals surface area contributed by atoms with Crippen LogP contribution in [0.3, 0.4) is 0 Å². The van der Waals surface area contributed by atoms with Crippen LogP contribution in [0.2, 0.25) is 0 Å². The van der Waals surface area contributed by atoms with Crippen molar-refractivity contribution in [2.24, 2.45) is 0 Å². The minimum atomic E-state index is 0.886. The quantitative estimate of drug-likeness (QED) is 0.164. The van der Waals surface area contributed by atoms with Gasteiger partial charge in [0.05, 0.1) is 11.1 Å². The first-order valence-corrected chi connectivity index (χ1v) is 18.4. The molecule has 0 radical (unpaired) electrons. The van der Waals surface area contributed by atoms with E-state index in [1.54, 1.807) is 0 Å². The highest BCUT2D eigenvalue weighted by Gasteiger charge is 2.21. The standard InChI is InChI=1S/C50H37NO/c1-2-13-34(14-3-1)40-16-6-7-17-41(40)35-25-29-38(30-26-35)51(47-22-12-24-49-50(47)45-21-10-11-23-48(45)52-49)39-31-27-36(28-32-39)46-33-37-15-4-5-18-42(37)43-19-8-9-20-44(43)46/h1-2,4-5,7-13,15,17-33H,3,6,14,16H2. The lowest BCUT2D eigenvalue weighted by atomic mass is 9.85. The monoisotopic (exact) mass is 667 g/mol. The second-order valence-corrected chi connectivity index (χ2v) is 13.9.